The number of likely N-dealkylation sites (tertiary alicyclic amines) is 1. The molecule has 16 heavy (non-hydrogen) atoms. The number of carbonyl (C=O) groups is 1. The fraction of sp³-hybridized carbons (Fsp3) is 0.364. The minimum Gasteiger partial charge on any atom is -0.481 e. The summed E-state index contributed by atoms with van der Waals surface area (Å²) in [4.78, 5) is 12.6. The van der Waals surface area contributed by atoms with Crippen LogP contribution in [0.4, 0.5) is 4.39 Å². The topological polar surface area (TPSA) is 40.5 Å². The van der Waals surface area contributed by atoms with Crippen molar-refractivity contribution in [1.29, 1.82) is 0 Å². The van der Waals surface area contributed by atoms with Crippen molar-refractivity contribution in [1.82, 2.24) is 4.90 Å². The molecule has 3 nitrogen and oxygen atoms in total. The molecule has 1 heterocycles. The maximum atomic E-state index is 13.0. The first-order valence-corrected chi connectivity index (χ1v) is 5.74. The van der Waals surface area contributed by atoms with Crippen molar-refractivity contribution in [2.45, 2.75) is 6.54 Å². The Morgan fingerprint density at radius 2 is 2.25 bits per heavy atom. The van der Waals surface area contributed by atoms with Gasteiger partial charge in [-0.2, -0.15) is 0 Å². The van der Waals surface area contributed by atoms with E-state index in [0.29, 0.717) is 19.6 Å². The molecule has 2 rings (SSSR count). The van der Waals surface area contributed by atoms with E-state index in [2.05, 4.69) is 15.9 Å². The molecular weight excluding hydrogens is 277 g/mol. The van der Waals surface area contributed by atoms with Crippen molar-refractivity contribution >= 4 is 21.9 Å². The molecule has 5 heteroatoms. The standard InChI is InChI=1S/C11H11BrFNO2/c12-10-2-1-9(13)3-7(10)4-14-5-8(6-14)11(15)16/h1-3,8H,4-6H2,(H,15,16). The summed E-state index contributed by atoms with van der Waals surface area (Å²) >= 11 is 3.35. The van der Waals surface area contributed by atoms with E-state index >= 15 is 0 Å². The lowest BCUT2D eigenvalue weighted by Gasteiger charge is -2.36. The number of nitrogens with zero attached hydrogens (tertiary/aromatic N) is 1. The number of carboxylic acids is 1. The molecule has 0 atom stereocenters. The molecule has 0 amide bonds. The Kier molecular flexibility index (Phi) is 3.25. The van der Waals surface area contributed by atoms with Crippen LogP contribution in [0.1, 0.15) is 5.56 Å². The van der Waals surface area contributed by atoms with E-state index in [1.54, 1.807) is 6.07 Å². The summed E-state index contributed by atoms with van der Waals surface area (Å²) in [5, 5.41) is 8.72. The molecule has 1 fully saturated rings. The van der Waals surface area contributed by atoms with Crippen LogP contribution in [0.25, 0.3) is 0 Å². The number of carboxylic acid groups (broad SMARTS) is 1. The molecule has 86 valence electrons. The predicted octanol–water partition coefficient (Wildman–Crippen LogP) is 2.10. The van der Waals surface area contributed by atoms with Gasteiger partial charge >= 0.3 is 5.97 Å². The highest BCUT2D eigenvalue weighted by molar-refractivity contribution is 9.10. The van der Waals surface area contributed by atoms with Gasteiger partial charge in [-0.3, -0.25) is 9.69 Å². The first kappa shape index (κ1) is 11.5. The van der Waals surface area contributed by atoms with E-state index in [0.717, 1.165) is 10.0 Å². The van der Waals surface area contributed by atoms with Crippen LogP contribution in [0.2, 0.25) is 0 Å². The first-order chi connectivity index (χ1) is 7.56. The molecule has 1 aliphatic heterocycles. The maximum Gasteiger partial charge on any atom is 0.309 e. The Hall–Kier alpha value is -0.940. The third kappa shape index (κ3) is 2.41. The fourth-order valence-corrected chi connectivity index (χ4v) is 2.13. The van der Waals surface area contributed by atoms with Gasteiger partial charge in [-0.15, -0.1) is 0 Å². The van der Waals surface area contributed by atoms with E-state index in [-0.39, 0.29) is 11.7 Å². The number of hydrogen-bond donors (Lipinski definition) is 1. The molecule has 1 saturated heterocycles. The number of halogens is 2. The lowest BCUT2D eigenvalue weighted by molar-refractivity contribution is -0.147. The summed E-state index contributed by atoms with van der Waals surface area (Å²) in [6.45, 7) is 1.67. The van der Waals surface area contributed by atoms with Gasteiger partial charge in [-0.1, -0.05) is 15.9 Å². The van der Waals surface area contributed by atoms with E-state index in [9.17, 15) is 9.18 Å². The molecule has 1 aromatic rings. The largest absolute Gasteiger partial charge is 0.481 e. The van der Waals surface area contributed by atoms with Crippen molar-refractivity contribution < 1.29 is 14.3 Å². The van der Waals surface area contributed by atoms with Crippen LogP contribution in [-0.4, -0.2) is 29.1 Å². The summed E-state index contributed by atoms with van der Waals surface area (Å²) in [7, 11) is 0. The highest BCUT2D eigenvalue weighted by Gasteiger charge is 2.32. The molecule has 1 aliphatic rings. The summed E-state index contributed by atoms with van der Waals surface area (Å²) in [6, 6.07) is 4.53. The van der Waals surface area contributed by atoms with Crippen molar-refractivity contribution in [3.05, 3.63) is 34.1 Å². The molecule has 0 unspecified atom stereocenters. The van der Waals surface area contributed by atoms with Crippen molar-refractivity contribution in [2.24, 2.45) is 5.92 Å². The number of benzene rings is 1. The van der Waals surface area contributed by atoms with Gasteiger partial charge in [0.15, 0.2) is 0 Å². The van der Waals surface area contributed by atoms with Gasteiger partial charge in [-0.05, 0) is 23.8 Å². The molecule has 0 aromatic heterocycles. The van der Waals surface area contributed by atoms with Crippen LogP contribution in [0.15, 0.2) is 22.7 Å². The van der Waals surface area contributed by atoms with E-state index in [1.807, 2.05) is 4.90 Å². The van der Waals surface area contributed by atoms with E-state index in [4.69, 9.17) is 5.11 Å². The Bertz CT molecular complexity index is 418. The average Bonchev–Trinajstić information content (AvgIpc) is 2.15. The molecule has 1 N–H and O–H groups in total. The Morgan fingerprint density at radius 1 is 1.56 bits per heavy atom. The lowest BCUT2D eigenvalue weighted by Crippen LogP contribution is -2.49. The molecule has 1 aromatic carbocycles. The SMILES string of the molecule is O=C(O)C1CN(Cc2cc(F)ccc2Br)C1. The normalized spacial score (nSPS) is 17.1. The number of aliphatic carboxylic acids is 1. The van der Waals surface area contributed by atoms with Crippen LogP contribution >= 0.6 is 15.9 Å². The number of rotatable bonds is 3. The lowest BCUT2D eigenvalue weighted by atomic mass is 10.00. The second-order valence-electron chi connectivity index (χ2n) is 3.96. The summed E-state index contributed by atoms with van der Waals surface area (Å²) < 4.78 is 13.8. The quantitative estimate of drug-likeness (QED) is 0.926. The highest BCUT2D eigenvalue weighted by atomic mass is 79.9. The van der Waals surface area contributed by atoms with Crippen molar-refractivity contribution in [2.75, 3.05) is 13.1 Å². The van der Waals surface area contributed by atoms with Crippen LogP contribution in [0.5, 0.6) is 0 Å². The minimum absolute atomic E-state index is 0.270. The fourth-order valence-electron chi connectivity index (χ4n) is 1.76. The van der Waals surface area contributed by atoms with Crippen LogP contribution in [-0.2, 0) is 11.3 Å². The second kappa shape index (κ2) is 4.51. The molecule has 0 spiro atoms. The third-order valence-electron chi connectivity index (χ3n) is 2.71. The summed E-state index contributed by atoms with van der Waals surface area (Å²) in [5.74, 6) is -1.30. The van der Waals surface area contributed by atoms with Gasteiger partial charge in [0.2, 0.25) is 0 Å². The van der Waals surface area contributed by atoms with Gasteiger partial charge in [0.25, 0.3) is 0 Å². The average molecular weight is 288 g/mol. The minimum atomic E-state index is -0.755. The molecule has 0 saturated carbocycles. The van der Waals surface area contributed by atoms with Crippen LogP contribution in [0.3, 0.4) is 0 Å². The molecular formula is C11H11BrFNO2. The predicted molar refractivity (Wildman–Crippen MR) is 60.5 cm³/mol. The van der Waals surface area contributed by atoms with Gasteiger partial charge in [0, 0.05) is 24.1 Å². The monoisotopic (exact) mass is 287 g/mol. The van der Waals surface area contributed by atoms with Crippen molar-refractivity contribution in [3.63, 3.8) is 0 Å². The van der Waals surface area contributed by atoms with Crippen LogP contribution in [0, 0.1) is 11.7 Å². The first-order valence-electron chi connectivity index (χ1n) is 4.95. The smallest absolute Gasteiger partial charge is 0.309 e. The third-order valence-corrected chi connectivity index (χ3v) is 3.48. The Balaban J connectivity index is 1.96. The molecule has 0 bridgehead atoms. The van der Waals surface area contributed by atoms with E-state index in [1.165, 1.54) is 12.1 Å². The molecule has 0 radical (unpaired) electrons. The zero-order valence-electron chi connectivity index (χ0n) is 8.49. The Labute approximate surface area is 101 Å². The highest BCUT2D eigenvalue weighted by Crippen LogP contribution is 2.24. The zero-order valence-corrected chi connectivity index (χ0v) is 10.1. The van der Waals surface area contributed by atoms with Gasteiger partial charge < -0.3 is 5.11 Å². The van der Waals surface area contributed by atoms with Gasteiger partial charge in [0.1, 0.15) is 5.82 Å². The Morgan fingerprint density at radius 3 is 2.88 bits per heavy atom. The second-order valence-corrected chi connectivity index (χ2v) is 4.82. The summed E-state index contributed by atoms with van der Waals surface area (Å²) in [5.41, 5.74) is 0.851. The maximum absolute atomic E-state index is 13.0. The van der Waals surface area contributed by atoms with Gasteiger partial charge in [0.05, 0.1) is 5.92 Å². The van der Waals surface area contributed by atoms with Gasteiger partial charge in [-0.25, -0.2) is 4.39 Å². The van der Waals surface area contributed by atoms with E-state index < -0.39 is 5.97 Å². The summed E-state index contributed by atoms with van der Waals surface area (Å²) in [6.07, 6.45) is 0. The van der Waals surface area contributed by atoms with Crippen molar-refractivity contribution in [3.8, 4) is 0 Å². The van der Waals surface area contributed by atoms with Crippen LogP contribution < -0.4 is 0 Å². The zero-order chi connectivity index (χ0) is 11.7. The number of hydrogen-bond acceptors (Lipinski definition) is 2. The molecule has 0 aliphatic carbocycles.